The summed E-state index contributed by atoms with van der Waals surface area (Å²) in [5.41, 5.74) is 5.64. The lowest BCUT2D eigenvalue weighted by molar-refractivity contribution is -0.130. The second-order valence-corrected chi connectivity index (χ2v) is 3.51. The second-order valence-electron chi connectivity index (χ2n) is 3.51. The molecular formula is C8H16N2O. The number of amides is 1. The summed E-state index contributed by atoms with van der Waals surface area (Å²) in [5.74, 6) is 0.687. The van der Waals surface area contributed by atoms with Gasteiger partial charge in [0.25, 0.3) is 0 Å². The van der Waals surface area contributed by atoms with Crippen LogP contribution in [0.4, 0.5) is 0 Å². The van der Waals surface area contributed by atoms with Crippen LogP contribution in [0.5, 0.6) is 0 Å². The van der Waals surface area contributed by atoms with Gasteiger partial charge in [0.2, 0.25) is 5.91 Å². The Hall–Kier alpha value is -0.570. The van der Waals surface area contributed by atoms with E-state index in [9.17, 15) is 4.79 Å². The van der Waals surface area contributed by atoms with E-state index < -0.39 is 0 Å². The van der Waals surface area contributed by atoms with E-state index in [-0.39, 0.29) is 11.9 Å². The highest BCUT2D eigenvalue weighted by Gasteiger charge is 2.23. The average molecular weight is 156 g/mol. The molecule has 64 valence electrons. The van der Waals surface area contributed by atoms with Gasteiger partial charge in [-0.1, -0.05) is 6.92 Å². The topological polar surface area (TPSA) is 46.3 Å². The van der Waals surface area contributed by atoms with E-state index in [1.807, 2.05) is 7.05 Å². The van der Waals surface area contributed by atoms with Crippen LogP contribution in [0.15, 0.2) is 0 Å². The van der Waals surface area contributed by atoms with Crippen molar-refractivity contribution in [1.29, 1.82) is 0 Å². The Balaban J connectivity index is 2.61. The zero-order valence-electron chi connectivity index (χ0n) is 7.21. The largest absolute Gasteiger partial charge is 0.344 e. The molecule has 2 N–H and O–H groups in total. The van der Waals surface area contributed by atoms with Crippen LogP contribution in [0, 0.1) is 5.92 Å². The number of nitrogens with zero attached hydrogens (tertiary/aromatic N) is 1. The van der Waals surface area contributed by atoms with Gasteiger partial charge in [-0.3, -0.25) is 4.79 Å². The molecule has 0 aromatic heterocycles. The fourth-order valence-electron chi connectivity index (χ4n) is 1.52. The molecule has 3 heteroatoms. The first-order chi connectivity index (χ1) is 5.11. The second kappa shape index (κ2) is 3.22. The number of nitrogens with two attached hydrogens (primary N) is 1. The van der Waals surface area contributed by atoms with Gasteiger partial charge in [0, 0.05) is 13.6 Å². The van der Waals surface area contributed by atoms with Crippen molar-refractivity contribution in [3.05, 3.63) is 0 Å². The molecule has 1 aliphatic heterocycles. The minimum atomic E-state index is -0.259. The van der Waals surface area contributed by atoms with Gasteiger partial charge < -0.3 is 10.6 Å². The van der Waals surface area contributed by atoms with Gasteiger partial charge in [0.05, 0.1) is 6.04 Å². The predicted octanol–water partition coefficient (Wildman–Crippen LogP) is 0.202. The third kappa shape index (κ3) is 1.93. The van der Waals surface area contributed by atoms with E-state index in [4.69, 9.17) is 5.73 Å². The maximum Gasteiger partial charge on any atom is 0.239 e. The molecule has 1 rings (SSSR count). The summed E-state index contributed by atoms with van der Waals surface area (Å²) < 4.78 is 0. The molecule has 0 radical (unpaired) electrons. The fourth-order valence-corrected chi connectivity index (χ4v) is 1.52. The smallest absolute Gasteiger partial charge is 0.239 e. The summed E-state index contributed by atoms with van der Waals surface area (Å²) in [6, 6.07) is -0.259. The van der Waals surface area contributed by atoms with E-state index in [0.717, 1.165) is 19.4 Å². The van der Waals surface area contributed by atoms with Gasteiger partial charge >= 0.3 is 0 Å². The Bertz CT molecular complexity index is 158. The van der Waals surface area contributed by atoms with Crippen LogP contribution in [0.25, 0.3) is 0 Å². The zero-order valence-corrected chi connectivity index (χ0v) is 7.21. The first-order valence-corrected chi connectivity index (χ1v) is 4.12. The van der Waals surface area contributed by atoms with Crippen LogP contribution in [-0.2, 0) is 4.79 Å². The summed E-state index contributed by atoms with van der Waals surface area (Å²) in [7, 11) is 1.82. The van der Waals surface area contributed by atoms with Crippen molar-refractivity contribution in [3.63, 3.8) is 0 Å². The summed E-state index contributed by atoms with van der Waals surface area (Å²) in [6.45, 7) is 3.01. The van der Waals surface area contributed by atoms with Crippen molar-refractivity contribution < 1.29 is 4.79 Å². The molecule has 1 aliphatic rings. The van der Waals surface area contributed by atoms with Crippen LogP contribution < -0.4 is 5.73 Å². The SMILES string of the molecule is CC1CC[C@H](N)C(=O)N(C)C1. The highest BCUT2D eigenvalue weighted by Crippen LogP contribution is 2.14. The van der Waals surface area contributed by atoms with Gasteiger partial charge in [-0.25, -0.2) is 0 Å². The van der Waals surface area contributed by atoms with Crippen LogP contribution >= 0.6 is 0 Å². The van der Waals surface area contributed by atoms with Gasteiger partial charge in [0.15, 0.2) is 0 Å². The van der Waals surface area contributed by atoms with Gasteiger partial charge in [-0.2, -0.15) is 0 Å². The van der Waals surface area contributed by atoms with Crippen molar-refractivity contribution in [3.8, 4) is 0 Å². The van der Waals surface area contributed by atoms with Crippen LogP contribution in [0.2, 0.25) is 0 Å². The molecular weight excluding hydrogens is 140 g/mol. The molecule has 1 fully saturated rings. The number of likely N-dealkylation sites (tertiary alicyclic amines) is 1. The minimum Gasteiger partial charge on any atom is -0.344 e. The monoisotopic (exact) mass is 156 g/mol. The zero-order chi connectivity index (χ0) is 8.43. The highest BCUT2D eigenvalue weighted by atomic mass is 16.2. The Morgan fingerprint density at radius 2 is 2.18 bits per heavy atom. The lowest BCUT2D eigenvalue weighted by Crippen LogP contribution is -2.40. The molecule has 2 atom stereocenters. The normalized spacial score (nSPS) is 33.7. The molecule has 1 unspecified atom stereocenters. The molecule has 1 saturated heterocycles. The molecule has 0 aromatic carbocycles. The third-order valence-corrected chi connectivity index (χ3v) is 2.25. The molecule has 1 amide bonds. The van der Waals surface area contributed by atoms with Crippen LogP contribution in [0.3, 0.4) is 0 Å². The lowest BCUT2D eigenvalue weighted by atomic mass is 10.0. The predicted molar refractivity (Wildman–Crippen MR) is 44.0 cm³/mol. The first kappa shape index (κ1) is 8.53. The maximum atomic E-state index is 11.3. The molecule has 3 nitrogen and oxygen atoms in total. The van der Waals surface area contributed by atoms with Gasteiger partial charge in [0.1, 0.15) is 0 Å². The molecule has 0 aromatic rings. The summed E-state index contributed by atoms with van der Waals surface area (Å²) in [5, 5.41) is 0. The molecule has 11 heavy (non-hydrogen) atoms. The average Bonchev–Trinajstić information content (AvgIpc) is 2.05. The maximum absolute atomic E-state index is 11.3. The Morgan fingerprint density at radius 3 is 2.82 bits per heavy atom. The Kier molecular flexibility index (Phi) is 2.49. The van der Waals surface area contributed by atoms with Crippen molar-refractivity contribution in [2.45, 2.75) is 25.8 Å². The number of rotatable bonds is 0. The molecule has 0 bridgehead atoms. The summed E-state index contributed by atoms with van der Waals surface area (Å²) in [4.78, 5) is 13.0. The number of carbonyl (C=O) groups excluding carboxylic acids is 1. The van der Waals surface area contributed by atoms with E-state index >= 15 is 0 Å². The number of hydrogen-bond acceptors (Lipinski definition) is 2. The Morgan fingerprint density at radius 1 is 1.55 bits per heavy atom. The van der Waals surface area contributed by atoms with Crippen LogP contribution in [0.1, 0.15) is 19.8 Å². The standard InChI is InChI=1S/C8H16N2O/c1-6-3-4-7(9)8(11)10(2)5-6/h6-7H,3-5,9H2,1-2H3/t6?,7-/m0/s1. The first-order valence-electron chi connectivity index (χ1n) is 4.12. The van der Waals surface area contributed by atoms with Gasteiger partial charge in [-0.15, -0.1) is 0 Å². The van der Waals surface area contributed by atoms with E-state index in [1.165, 1.54) is 0 Å². The summed E-state index contributed by atoms with van der Waals surface area (Å²) >= 11 is 0. The quantitative estimate of drug-likeness (QED) is 0.544. The van der Waals surface area contributed by atoms with Crippen molar-refractivity contribution >= 4 is 5.91 Å². The lowest BCUT2D eigenvalue weighted by Gasteiger charge is -2.18. The molecule has 0 aliphatic carbocycles. The van der Waals surface area contributed by atoms with E-state index in [0.29, 0.717) is 5.92 Å². The molecule has 0 spiro atoms. The third-order valence-electron chi connectivity index (χ3n) is 2.25. The number of hydrogen-bond donors (Lipinski definition) is 1. The van der Waals surface area contributed by atoms with Crippen LogP contribution in [-0.4, -0.2) is 30.4 Å². The highest BCUT2D eigenvalue weighted by molar-refractivity contribution is 5.81. The van der Waals surface area contributed by atoms with Gasteiger partial charge in [-0.05, 0) is 18.8 Å². The fraction of sp³-hybridized carbons (Fsp3) is 0.875. The number of carbonyl (C=O) groups is 1. The summed E-state index contributed by atoms with van der Waals surface area (Å²) in [6.07, 6.45) is 1.90. The molecule has 1 heterocycles. The van der Waals surface area contributed by atoms with Crippen molar-refractivity contribution in [2.24, 2.45) is 11.7 Å². The van der Waals surface area contributed by atoms with Crippen molar-refractivity contribution in [1.82, 2.24) is 4.90 Å². The minimum absolute atomic E-state index is 0.0920. The Labute approximate surface area is 67.5 Å². The van der Waals surface area contributed by atoms with E-state index in [1.54, 1.807) is 4.90 Å². The number of likely N-dealkylation sites (N-methyl/N-ethyl adjacent to an activating group) is 1. The van der Waals surface area contributed by atoms with E-state index in [2.05, 4.69) is 6.92 Å². The van der Waals surface area contributed by atoms with Crippen molar-refractivity contribution in [2.75, 3.05) is 13.6 Å². The molecule has 0 saturated carbocycles.